The fraction of sp³-hybridized carbons (Fsp3) is 0.556. The first-order valence-corrected chi connectivity index (χ1v) is 9.09. The summed E-state index contributed by atoms with van der Waals surface area (Å²) in [7, 11) is 0. The van der Waals surface area contributed by atoms with Gasteiger partial charge in [-0.3, -0.25) is 9.48 Å². The minimum atomic E-state index is -0.665. The molecule has 0 bridgehead atoms. The van der Waals surface area contributed by atoms with Gasteiger partial charge in [0.05, 0.1) is 23.9 Å². The highest BCUT2D eigenvalue weighted by Gasteiger charge is 2.50. The Morgan fingerprint density at radius 3 is 2.80 bits per heavy atom. The first kappa shape index (κ1) is 16.8. The Morgan fingerprint density at radius 1 is 1.40 bits per heavy atom. The molecule has 0 radical (unpaired) electrons. The summed E-state index contributed by atoms with van der Waals surface area (Å²) in [5.74, 6) is 0.199. The van der Waals surface area contributed by atoms with E-state index < -0.39 is 11.6 Å². The van der Waals surface area contributed by atoms with Gasteiger partial charge in [-0.15, -0.1) is 0 Å². The van der Waals surface area contributed by atoms with Crippen molar-refractivity contribution in [2.24, 2.45) is 5.92 Å². The highest BCUT2D eigenvalue weighted by atomic mass is 35.5. The van der Waals surface area contributed by atoms with E-state index >= 15 is 0 Å². The SMILES string of the molecule is CC1(C2CCN(C(=O)CCO)CC2)[C@H](O)c2cc(Cl)cc3cnn1c23. The average molecular weight is 364 g/mol. The van der Waals surface area contributed by atoms with Crippen molar-refractivity contribution >= 4 is 28.4 Å². The van der Waals surface area contributed by atoms with Crippen LogP contribution in [0, 0.1) is 5.92 Å². The third-order valence-electron chi connectivity index (χ3n) is 5.96. The Labute approximate surface area is 151 Å². The third kappa shape index (κ3) is 2.39. The van der Waals surface area contributed by atoms with Crippen LogP contribution in [0.4, 0.5) is 0 Å². The quantitative estimate of drug-likeness (QED) is 0.875. The minimum Gasteiger partial charge on any atom is -0.396 e. The van der Waals surface area contributed by atoms with Crippen molar-refractivity contribution in [3.63, 3.8) is 0 Å². The molecule has 0 spiro atoms. The molecule has 25 heavy (non-hydrogen) atoms. The second-order valence-corrected chi connectivity index (χ2v) is 7.68. The molecule has 2 N–H and O–H groups in total. The Kier molecular flexibility index (Phi) is 4.02. The van der Waals surface area contributed by atoms with E-state index in [1.165, 1.54) is 0 Å². The van der Waals surface area contributed by atoms with E-state index in [0.717, 1.165) is 29.3 Å². The van der Waals surface area contributed by atoms with Gasteiger partial charge in [-0.25, -0.2) is 0 Å². The van der Waals surface area contributed by atoms with Crippen LogP contribution in [0.25, 0.3) is 10.9 Å². The highest BCUT2D eigenvalue weighted by Crippen LogP contribution is 2.51. The van der Waals surface area contributed by atoms with Crippen LogP contribution in [0.15, 0.2) is 18.3 Å². The lowest BCUT2D eigenvalue weighted by molar-refractivity contribution is -0.134. The van der Waals surface area contributed by atoms with E-state index in [-0.39, 0.29) is 24.9 Å². The molecule has 2 aliphatic heterocycles. The predicted molar refractivity (Wildman–Crippen MR) is 94.4 cm³/mol. The molecule has 0 saturated carbocycles. The summed E-state index contributed by atoms with van der Waals surface area (Å²) >= 11 is 6.20. The molecule has 134 valence electrons. The van der Waals surface area contributed by atoms with E-state index in [9.17, 15) is 9.90 Å². The van der Waals surface area contributed by atoms with Gasteiger partial charge in [0.15, 0.2) is 0 Å². The lowest BCUT2D eigenvalue weighted by Gasteiger charge is -2.42. The van der Waals surface area contributed by atoms with E-state index in [4.69, 9.17) is 16.7 Å². The summed E-state index contributed by atoms with van der Waals surface area (Å²) in [5.41, 5.74) is 1.25. The van der Waals surface area contributed by atoms with Gasteiger partial charge in [0.25, 0.3) is 0 Å². The van der Waals surface area contributed by atoms with Crippen LogP contribution in [-0.2, 0) is 10.3 Å². The Balaban J connectivity index is 1.62. The van der Waals surface area contributed by atoms with Gasteiger partial charge < -0.3 is 15.1 Å². The molecule has 2 aliphatic rings. The molecule has 4 rings (SSSR count). The van der Waals surface area contributed by atoms with Crippen molar-refractivity contribution in [3.05, 3.63) is 28.9 Å². The zero-order valence-corrected chi connectivity index (χ0v) is 14.9. The van der Waals surface area contributed by atoms with E-state index in [0.29, 0.717) is 18.1 Å². The molecule has 1 aromatic heterocycles. The van der Waals surface area contributed by atoms with Crippen LogP contribution in [0.3, 0.4) is 0 Å². The number of likely N-dealkylation sites (tertiary alicyclic amines) is 1. The molecule has 0 aliphatic carbocycles. The van der Waals surface area contributed by atoms with E-state index in [1.807, 2.05) is 23.7 Å². The number of benzene rings is 1. The zero-order valence-electron chi connectivity index (χ0n) is 14.2. The van der Waals surface area contributed by atoms with Gasteiger partial charge in [0, 0.05) is 35.5 Å². The largest absolute Gasteiger partial charge is 0.396 e. The van der Waals surface area contributed by atoms with Gasteiger partial charge in [0.1, 0.15) is 6.10 Å². The second kappa shape index (κ2) is 5.97. The molecule has 2 atom stereocenters. The fourth-order valence-electron chi connectivity index (χ4n) is 4.53. The van der Waals surface area contributed by atoms with Crippen LogP contribution in [-0.4, -0.2) is 50.5 Å². The summed E-state index contributed by atoms with van der Waals surface area (Å²) < 4.78 is 1.95. The molecule has 2 aromatic rings. The van der Waals surface area contributed by atoms with Crippen LogP contribution in [0.5, 0.6) is 0 Å². The summed E-state index contributed by atoms with van der Waals surface area (Å²) in [4.78, 5) is 13.8. The molecule has 3 heterocycles. The summed E-state index contributed by atoms with van der Waals surface area (Å²) in [6, 6.07) is 3.70. The van der Waals surface area contributed by atoms with Crippen molar-refractivity contribution in [2.75, 3.05) is 19.7 Å². The van der Waals surface area contributed by atoms with Crippen LogP contribution < -0.4 is 0 Å². The average Bonchev–Trinajstić information content (AvgIpc) is 3.12. The maximum absolute atomic E-state index is 12.0. The van der Waals surface area contributed by atoms with E-state index in [1.54, 1.807) is 11.1 Å². The van der Waals surface area contributed by atoms with Crippen LogP contribution in [0.1, 0.15) is 37.9 Å². The fourth-order valence-corrected chi connectivity index (χ4v) is 4.77. The number of carbonyl (C=O) groups is 1. The highest BCUT2D eigenvalue weighted by molar-refractivity contribution is 6.31. The molecule has 1 saturated heterocycles. The number of hydrogen-bond donors (Lipinski definition) is 2. The zero-order chi connectivity index (χ0) is 17.8. The first-order chi connectivity index (χ1) is 12.0. The Morgan fingerprint density at radius 2 is 2.12 bits per heavy atom. The van der Waals surface area contributed by atoms with Crippen molar-refractivity contribution < 1.29 is 15.0 Å². The lowest BCUT2D eigenvalue weighted by atomic mass is 9.75. The number of piperidine rings is 1. The number of halogens is 1. The van der Waals surface area contributed by atoms with Crippen molar-refractivity contribution in [2.45, 2.75) is 37.8 Å². The third-order valence-corrected chi connectivity index (χ3v) is 6.18. The summed E-state index contributed by atoms with van der Waals surface area (Å²) in [5, 5.41) is 26.1. The maximum Gasteiger partial charge on any atom is 0.224 e. The maximum atomic E-state index is 12.0. The number of aromatic nitrogens is 2. The Hall–Kier alpha value is -1.63. The normalized spacial score (nSPS) is 26.6. The molecule has 7 heteroatoms. The standard InChI is InChI=1S/C18H22ClN3O3/c1-18(12-2-5-21(6-3-12)15(24)4-7-23)17(25)14-9-13(19)8-11-10-20-22(18)16(11)14/h8-10,12,17,23,25H,2-7H2,1H3/t17-,18?/m1/s1. The number of carbonyl (C=O) groups excluding carboxylic acids is 1. The van der Waals surface area contributed by atoms with E-state index in [2.05, 4.69) is 5.10 Å². The van der Waals surface area contributed by atoms with Gasteiger partial charge in [0.2, 0.25) is 5.91 Å². The number of rotatable bonds is 3. The molecule has 1 fully saturated rings. The molecule has 1 amide bonds. The topological polar surface area (TPSA) is 78.6 Å². The predicted octanol–water partition coefficient (Wildman–Crippen LogP) is 2.07. The molecular weight excluding hydrogens is 342 g/mol. The number of aliphatic hydroxyl groups is 2. The smallest absolute Gasteiger partial charge is 0.224 e. The van der Waals surface area contributed by atoms with Crippen molar-refractivity contribution in [3.8, 4) is 0 Å². The van der Waals surface area contributed by atoms with Crippen LogP contribution >= 0.6 is 11.6 Å². The lowest BCUT2D eigenvalue weighted by Crippen LogP contribution is -2.48. The molecule has 1 unspecified atom stereocenters. The minimum absolute atomic E-state index is 0.00498. The number of hydrogen-bond acceptors (Lipinski definition) is 4. The molecule has 1 aromatic carbocycles. The Bertz CT molecular complexity index is 828. The number of amides is 1. The van der Waals surface area contributed by atoms with Gasteiger partial charge in [-0.2, -0.15) is 5.10 Å². The van der Waals surface area contributed by atoms with Crippen molar-refractivity contribution in [1.82, 2.24) is 14.7 Å². The van der Waals surface area contributed by atoms with Crippen molar-refractivity contribution in [1.29, 1.82) is 0 Å². The first-order valence-electron chi connectivity index (χ1n) is 8.71. The van der Waals surface area contributed by atoms with Gasteiger partial charge in [-0.1, -0.05) is 11.6 Å². The van der Waals surface area contributed by atoms with Gasteiger partial charge >= 0.3 is 0 Å². The summed E-state index contributed by atoms with van der Waals surface area (Å²) in [6.45, 7) is 3.23. The molecule has 6 nitrogen and oxygen atoms in total. The second-order valence-electron chi connectivity index (χ2n) is 7.25. The number of aliphatic hydroxyl groups excluding tert-OH is 2. The van der Waals surface area contributed by atoms with Crippen LogP contribution in [0.2, 0.25) is 5.02 Å². The summed E-state index contributed by atoms with van der Waals surface area (Å²) in [6.07, 6.45) is 2.91. The monoisotopic (exact) mass is 363 g/mol. The number of nitrogens with zero attached hydrogens (tertiary/aromatic N) is 3. The van der Waals surface area contributed by atoms with Gasteiger partial charge in [-0.05, 0) is 37.8 Å². The molecular formula is C18H22ClN3O3.